The van der Waals surface area contributed by atoms with Crippen molar-refractivity contribution in [2.45, 2.75) is 0 Å². The molecule has 0 saturated heterocycles. The predicted octanol–water partition coefficient (Wildman–Crippen LogP) is 4.18. The molecule has 0 bridgehead atoms. The highest BCUT2D eigenvalue weighted by Gasteiger charge is 2.08. The molecule has 82 valence electrons. The summed E-state index contributed by atoms with van der Waals surface area (Å²) in [4.78, 5) is 2.13. The van der Waals surface area contributed by atoms with Crippen molar-refractivity contribution < 1.29 is 0 Å². The minimum atomic E-state index is 1.13. The highest BCUT2D eigenvalue weighted by atomic mass is 79.9. The normalized spacial score (nSPS) is 10.2. The lowest BCUT2D eigenvalue weighted by Gasteiger charge is -2.18. The molecular formula is C14H14BrN. The van der Waals surface area contributed by atoms with Crippen LogP contribution < -0.4 is 4.90 Å². The molecule has 0 amide bonds. The molecule has 0 N–H and O–H groups in total. The van der Waals surface area contributed by atoms with E-state index in [0.29, 0.717) is 0 Å². The zero-order valence-electron chi connectivity index (χ0n) is 9.44. The standard InChI is InChI=1S/C14H14BrN/c1-16(2)14-10-6-4-8-12(14)11-7-3-5-9-13(11)15/h3-10H,1-2H3. The molecule has 0 radical (unpaired) electrons. The summed E-state index contributed by atoms with van der Waals surface area (Å²) in [5, 5.41) is 0. The van der Waals surface area contributed by atoms with E-state index in [2.05, 4.69) is 77.4 Å². The maximum Gasteiger partial charge on any atom is 0.0441 e. The molecule has 0 aliphatic carbocycles. The fraction of sp³-hybridized carbons (Fsp3) is 0.143. The van der Waals surface area contributed by atoms with Crippen molar-refractivity contribution in [1.82, 2.24) is 0 Å². The summed E-state index contributed by atoms with van der Waals surface area (Å²) in [7, 11) is 4.13. The number of rotatable bonds is 2. The van der Waals surface area contributed by atoms with Gasteiger partial charge in [-0.15, -0.1) is 0 Å². The van der Waals surface area contributed by atoms with Crippen molar-refractivity contribution in [2.75, 3.05) is 19.0 Å². The lowest BCUT2D eigenvalue weighted by molar-refractivity contribution is 1.13. The molecule has 0 fully saturated rings. The van der Waals surface area contributed by atoms with Gasteiger partial charge >= 0.3 is 0 Å². The van der Waals surface area contributed by atoms with Crippen LogP contribution in [0, 0.1) is 0 Å². The summed E-state index contributed by atoms with van der Waals surface area (Å²) in [6.45, 7) is 0. The number of hydrogen-bond acceptors (Lipinski definition) is 1. The van der Waals surface area contributed by atoms with Gasteiger partial charge in [-0.2, -0.15) is 0 Å². The molecule has 0 aliphatic rings. The Morgan fingerprint density at radius 3 is 2.00 bits per heavy atom. The maximum atomic E-state index is 3.60. The fourth-order valence-corrected chi connectivity index (χ4v) is 2.27. The number of para-hydroxylation sites is 1. The van der Waals surface area contributed by atoms with Crippen molar-refractivity contribution in [2.24, 2.45) is 0 Å². The van der Waals surface area contributed by atoms with E-state index in [-0.39, 0.29) is 0 Å². The first-order valence-corrected chi connectivity index (χ1v) is 6.00. The van der Waals surface area contributed by atoms with Gasteiger partial charge in [-0.05, 0) is 17.7 Å². The van der Waals surface area contributed by atoms with Gasteiger partial charge in [0.1, 0.15) is 0 Å². The van der Waals surface area contributed by atoms with Gasteiger partial charge < -0.3 is 4.90 Å². The Bertz CT molecular complexity index is 492. The highest BCUT2D eigenvalue weighted by Crippen LogP contribution is 2.34. The number of benzene rings is 2. The van der Waals surface area contributed by atoms with Crippen LogP contribution in [-0.2, 0) is 0 Å². The van der Waals surface area contributed by atoms with Crippen LogP contribution in [0.1, 0.15) is 0 Å². The molecule has 0 atom stereocenters. The van der Waals surface area contributed by atoms with Crippen LogP contribution in [0.3, 0.4) is 0 Å². The van der Waals surface area contributed by atoms with Crippen molar-refractivity contribution >= 4 is 21.6 Å². The van der Waals surface area contributed by atoms with Crippen LogP contribution >= 0.6 is 15.9 Å². The third-order valence-electron chi connectivity index (χ3n) is 2.55. The van der Waals surface area contributed by atoms with Gasteiger partial charge in [-0.3, -0.25) is 0 Å². The van der Waals surface area contributed by atoms with E-state index >= 15 is 0 Å². The third kappa shape index (κ3) is 2.12. The number of anilines is 1. The molecule has 2 rings (SSSR count). The van der Waals surface area contributed by atoms with Gasteiger partial charge in [0.25, 0.3) is 0 Å². The van der Waals surface area contributed by atoms with Crippen LogP contribution in [0.4, 0.5) is 5.69 Å². The monoisotopic (exact) mass is 275 g/mol. The van der Waals surface area contributed by atoms with E-state index in [0.717, 1.165) is 4.47 Å². The summed E-state index contributed by atoms with van der Waals surface area (Å²) in [6.07, 6.45) is 0. The minimum absolute atomic E-state index is 1.13. The molecule has 2 aromatic rings. The molecular weight excluding hydrogens is 262 g/mol. The van der Waals surface area contributed by atoms with Gasteiger partial charge in [0.05, 0.1) is 0 Å². The SMILES string of the molecule is CN(C)c1ccccc1-c1ccccc1Br. The van der Waals surface area contributed by atoms with E-state index in [1.165, 1.54) is 16.8 Å². The molecule has 0 saturated carbocycles. The van der Waals surface area contributed by atoms with Gasteiger partial charge in [-0.25, -0.2) is 0 Å². The zero-order valence-corrected chi connectivity index (χ0v) is 11.0. The second-order valence-electron chi connectivity index (χ2n) is 3.89. The summed E-state index contributed by atoms with van der Waals surface area (Å²) in [6, 6.07) is 16.7. The van der Waals surface area contributed by atoms with E-state index in [1.807, 2.05) is 6.07 Å². The van der Waals surface area contributed by atoms with Crippen LogP contribution in [0.5, 0.6) is 0 Å². The number of hydrogen-bond donors (Lipinski definition) is 0. The molecule has 2 aromatic carbocycles. The van der Waals surface area contributed by atoms with Crippen LogP contribution in [-0.4, -0.2) is 14.1 Å². The average molecular weight is 276 g/mol. The topological polar surface area (TPSA) is 3.24 Å². The van der Waals surface area contributed by atoms with Crippen molar-refractivity contribution in [3.63, 3.8) is 0 Å². The first-order chi connectivity index (χ1) is 7.70. The first-order valence-electron chi connectivity index (χ1n) is 5.21. The van der Waals surface area contributed by atoms with Crippen molar-refractivity contribution in [1.29, 1.82) is 0 Å². The van der Waals surface area contributed by atoms with E-state index < -0.39 is 0 Å². The van der Waals surface area contributed by atoms with Gasteiger partial charge in [0.15, 0.2) is 0 Å². The highest BCUT2D eigenvalue weighted by molar-refractivity contribution is 9.10. The Hall–Kier alpha value is -1.28. The Labute approximate surface area is 105 Å². The average Bonchev–Trinajstić information content (AvgIpc) is 2.29. The van der Waals surface area contributed by atoms with Gasteiger partial charge in [0, 0.05) is 29.8 Å². The van der Waals surface area contributed by atoms with Crippen molar-refractivity contribution in [3.8, 4) is 11.1 Å². The van der Waals surface area contributed by atoms with E-state index in [4.69, 9.17) is 0 Å². The molecule has 2 heteroatoms. The molecule has 0 heterocycles. The molecule has 0 aromatic heterocycles. The maximum absolute atomic E-state index is 3.60. The van der Waals surface area contributed by atoms with Gasteiger partial charge in [0.2, 0.25) is 0 Å². The summed E-state index contributed by atoms with van der Waals surface area (Å²) >= 11 is 3.60. The molecule has 16 heavy (non-hydrogen) atoms. The Morgan fingerprint density at radius 2 is 1.38 bits per heavy atom. The Balaban J connectivity index is 2.60. The van der Waals surface area contributed by atoms with Crippen LogP contribution in [0.25, 0.3) is 11.1 Å². The Morgan fingerprint density at radius 1 is 0.812 bits per heavy atom. The zero-order chi connectivity index (χ0) is 11.5. The fourth-order valence-electron chi connectivity index (χ4n) is 1.77. The van der Waals surface area contributed by atoms with E-state index in [9.17, 15) is 0 Å². The molecule has 1 nitrogen and oxygen atoms in total. The van der Waals surface area contributed by atoms with Crippen LogP contribution in [0.15, 0.2) is 53.0 Å². The lowest BCUT2D eigenvalue weighted by atomic mass is 10.0. The quantitative estimate of drug-likeness (QED) is 0.795. The molecule has 0 aliphatic heterocycles. The molecule has 0 spiro atoms. The number of nitrogens with zero attached hydrogens (tertiary/aromatic N) is 1. The number of halogens is 1. The smallest absolute Gasteiger partial charge is 0.0441 e. The van der Waals surface area contributed by atoms with Gasteiger partial charge in [-0.1, -0.05) is 52.3 Å². The second-order valence-corrected chi connectivity index (χ2v) is 4.75. The lowest BCUT2D eigenvalue weighted by Crippen LogP contribution is -2.09. The molecule has 0 unspecified atom stereocenters. The van der Waals surface area contributed by atoms with Crippen LogP contribution in [0.2, 0.25) is 0 Å². The predicted molar refractivity (Wildman–Crippen MR) is 73.9 cm³/mol. The summed E-state index contributed by atoms with van der Waals surface area (Å²) in [5.74, 6) is 0. The Kier molecular flexibility index (Phi) is 3.30. The van der Waals surface area contributed by atoms with Crippen molar-refractivity contribution in [3.05, 3.63) is 53.0 Å². The summed E-state index contributed by atoms with van der Waals surface area (Å²) in [5.41, 5.74) is 3.71. The largest absolute Gasteiger partial charge is 0.377 e. The van der Waals surface area contributed by atoms with E-state index in [1.54, 1.807) is 0 Å². The first kappa shape index (κ1) is 11.2. The minimum Gasteiger partial charge on any atom is -0.377 e. The third-order valence-corrected chi connectivity index (χ3v) is 3.24. The summed E-state index contributed by atoms with van der Waals surface area (Å²) < 4.78 is 1.13. The second kappa shape index (κ2) is 4.71.